The monoisotopic (exact) mass is 353 g/mol. The van der Waals surface area contributed by atoms with Crippen molar-refractivity contribution in [3.05, 3.63) is 23.2 Å². The van der Waals surface area contributed by atoms with Crippen LogP contribution in [0.4, 0.5) is 4.79 Å². The number of aryl methyl sites for hydroxylation is 1. The molecule has 8 heteroatoms. The third kappa shape index (κ3) is 5.19. The van der Waals surface area contributed by atoms with E-state index in [9.17, 15) is 4.79 Å². The van der Waals surface area contributed by atoms with Gasteiger partial charge in [0.05, 0.1) is 4.88 Å². The molecule has 2 aromatic rings. The molecule has 0 saturated heterocycles. The van der Waals surface area contributed by atoms with Crippen molar-refractivity contribution in [3.63, 3.8) is 0 Å². The summed E-state index contributed by atoms with van der Waals surface area (Å²) in [6.07, 6.45) is -0.824. The summed E-state index contributed by atoms with van der Waals surface area (Å²) in [6.45, 7) is 10.1. The maximum absolute atomic E-state index is 10.9. The van der Waals surface area contributed by atoms with Gasteiger partial charge in [-0.2, -0.15) is 5.10 Å². The fraction of sp³-hybridized carbons (Fsp3) is 0.467. The minimum Gasteiger partial charge on any atom is -0.409 e. The van der Waals surface area contributed by atoms with Crippen LogP contribution in [0.5, 0.6) is 5.75 Å². The van der Waals surface area contributed by atoms with E-state index in [1.165, 1.54) is 11.3 Å². The van der Waals surface area contributed by atoms with E-state index in [4.69, 9.17) is 15.2 Å². The average Bonchev–Trinajstić information content (AvgIpc) is 3.00. The van der Waals surface area contributed by atoms with Gasteiger partial charge >= 0.3 is 6.09 Å². The Balaban J connectivity index is 2.04. The Labute approximate surface area is 141 Å². The quantitative estimate of drug-likeness (QED) is 0.608. The van der Waals surface area contributed by atoms with Crippen LogP contribution in [0.15, 0.2) is 17.5 Å². The highest BCUT2D eigenvalue weighted by Gasteiger charge is 2.16. The topological polar surface area (TPSA) is 79.4 Å². The molecule has 126 valence electrons. The van der Waals surface area contributed by atoms with Gasteiger partial charge in [-0.05, 0) is 30.5 Å². The minimum absolute atomic E-state index is 0.424. The molecule has 23 heavy (non-hydrogen) atoms. The molecular formula is C15H23N3O3SSi. The predicted octanol–water partition coefficient (Wildman–Crippen LogP) is 3.69. The summed E-state index contributed by atoms with van der Waals surface area (Å²) in [5.74, 6) is 0.437. The number of hydrogen-bond acceptors (Lipinski definition) is 5. The van der Waals surface area contributed by atoms with Crippen LogP contribution in [0, 0.1) is 6.92 Å². The molecule has 0 saturated carbocycles. The fourth-order valence-corrected chi connectivity index (χ4v) is 3.48. The minimum atomic E-state index is -1.08. The number of carbonyl (C=O) groups excluding carboxylic acids is 1. The lowest BCUT2D eigenvalue weighted by atomic mass is 10.3. The Hall–Kier alpha value is -1.64. The van der Waals surface area contributed by atoms with E-state index in [1.54, 1.807) is 6.07 Å². The summed E-state index contributed by atoms with van der Waals surface area (Å²) in [6, 6.07) is 4.78. The Morgan fingerprint density at radius 1 is 1.43 bits per heavy atom. The summed E-state index contributed by atoms with van der Waals surface area (Å²) in [5, 5.41) is 6.38. The van der Waals surface area contributed by atoms with Gasteiger partial charge in [0.2, 0.25) is 0 Å². The molecule has 2 aromatic heterocycles. The van der Waals surface area contributed by atoms with E-state index in [2.05, 4.69) is 24.7 Å². The molecule has 0 aliphatic carbocycles. The zero-order valence-corrected chi connectivity index (χ0v) is 15.8. The largest absolute Gasteiger partial charge is 0.410 e. The normalized spacial score (nSPS) is 11.7. The van der Waals surface area contributed by atoms with Crippen molar-refractivity contribution in [2.45, 2.75) is 39.3 Å². The number of nitrogens with zero attached hydrogens (tertiary/aromatic N) is 2. The number of rotatable bonds is 7. The van der Waals surface area contributed by atoms with Crippen LogP contribution >= 0.6 is 11.3 Å². The van der Waals surface area contributed by atoms with E-state index in [0.717, 1.165) is 28.9 Å². The van der Waals surface area contributed by atoms with Gasteiger partial charge < -0.3 is 15.2 Å². The van der Waals surface area contributed by atoms with E-state index in [0.29, 0.717) is 12.5 Å². The fourth-order valence-electron chi connectivity index (χ4n) is 1.95. The molecule has 0 aliphatic rings. The molecule has 0 unspecified atom stereocenters. The molecule has 0 bridgehead atoms. The highest BCUT2D eigenvalue weighted by molar-refractivity contribution is 7.14. The lowest BCUT2D eigenvalue weighted by Crippen LogP contribution is -2.22. The first-order chi connectivity index (χ1) is 10.8. The van der Waals surface area contributed by atoms with Gasteiger partial charge in [0.1, 0.15) is 12.4 Å². The number of hydrogen-bond donors (Lipinski definition) is 1. The second-order valence-corrected chi connectivity index (χ2v) is 13.1. The van der Waals surface area contributed by atoms with Crippen LogP contribution in [-0.2, 0) is 11.5 Å². The van der Waals surface area contributed by atoms with E-state index >= 15 is 0 Å². The van der Waals surface area contributed by atoms with Crippen molar-refractivity contribution in [3.8, 4) is 16.3 Å². The second-order valence-electron chi connectivity index (χ2n) is 6.55. The standard InChI is InChI=1S/C15H23N3O3SSi/c1-11-9-12(14-13(5-7-22-14)21-15(16)19)17-18(11)10-20-6-8-23(2,3)4/h5,7,9H,6,8,10H2,1-4H3,(H2,16,19). The smallest absolute Gasteiger partial charge is 0.409 e. The van der Waals surface area contributed by atoms with Gasteiger partial charge in [0.25, 0.3) is 0 Å². The molecular weight excluding hydrogens is 330 g/mol. The van der Waals surface area contributed by atoms with Crippen molar-refractivity contribution in [2.24, 2.45) is 5.73 Å². The first kappa shape index (κ1) is 17.7. The Bertz CT molecular complexity index is 676. The molecule has 6 nitrogen and oxygen atoms in total. The number of amides is 1. The highest BCUT2D eigenvalue weighted by atomic mass is 32.1. The molecule has 0 spiro atoms. The lowest BCUT2D eigenvalue weighted by Gasteiger charge is -2.15. The number of nitrogens with two attached hydrogens (primary N) is 1. The molecule has 1 amide bonds. The molecule has 0 radical (unpaired) electrons. The van der Waals surface area contributed by atoms with E-state index in [-0.39, 0.29) is 0 Å². The van der Waals surface area contributed by atoms with Crippen LogP contribution in [0.2, 0.25) is 25.7 Å². The molecule has 2 rings (SSSR count). The summed E-state index contributed by atoms with van der Waals surface area (Å²) in [7, 11) is -1.08. The van der Waals surface area contributed by atoms with Crippen molar-refractivity contribution in [1.29, 1.82) is 0 Å². The second kappa shape index (κ2) is 7.29. The number of ether oxygens (including phenoxy) is 2. The zero-order valence-electron chi connectivity index (χ0n) is 14.0. The van der Waals surface area contributed by atoms with Crippen LogP contribution in [0.3, 0.4) is 0 Å². The van der Waals surface area contributed by atoms with Crippen molar-refractivity contribution in [1.82, 2.24) is 9.78 Å². The number of primary amides is 1. The zero-order chi connectivity index (χ0) is 17.0. The highest BCUT2D eigenvalue weighted by Crippen LogP contribution is 2.35. The summed E-state index contributed by atoms with van der Waals surface area (Å²) in [4.78, 5) is 11.7. The predicted molar refractivity (Wildman–Crippen MR) is 94.6 cm³/mol. The summed E-state index contributed by atoms with van der Waals surface area (Å²) >= 11 is 1.45. The summed E-state index contributed by atoms with van der Waals surface area (Å²) in [5.41, 5.74) is 6.83. The van der Waals surface area contributed by atoms with Gasteiger partial charge in [-0.1, -0.05) is 19.6 Å². The molecule has 0 atom stereocenters. The van der Waals surface area contributed by atoms with E-state index in [1.807, 2.05) is 23.1 Å². The van der Waals surface area contributed by atoms with Crippen LogP contribution in [-0.4, -0.2) is 30.6 Å². The SMILES string of the molecule is Cc1cc(-c2sccc2OC(N)=O)nn1COCC[Si](C)(C)C. The molecule has 0 fully saturated rings. The van der Waals surface area contributed by atoms with Crippen LogP contribution in [0.1, 0.15) is 5.69 Å². The average molecular weight is 354 g/mol. The van der Waals surface area contributed by atoms with E-state index < -0.39 is 14.2 Å². The third-order valence-corrected chi connectivity index (χ3v) is 5.89. The number of carbonyl (C=O) groups is 1. The number of thiophene rings is 1. The Morgan fingerprint density at radius 3 is 2.83 bits per heavy atom. The third-order valence-electron chi connectivity index (χ3n) is 3.26. The van der Waals surface area contributed by atoms with Crippen molar-refractivity contribution < 1.29 is 14.3 Å². The molecule has 0 aromatic carbocycles. The maximum atomic E-state index is 10.9. The van der Waals surface area contributed by atoms with Gasteiger partial charge in [-0.25, -0.2) is 9.48 Å². The van der Waals surface area contributed by atoms with Gasteiger partial charge in [-0.3, -0.25) is 0 Å². The lowest BCUT2D eigenvalue weighted by molar-refractivity contribution is 0.0773. The van der Waals surface area contributed by atoms with Gasteiger partial charge in [0, 0.05) is 20.4 Å². The first-order valence-electron chi connectivity index (χ1n) is 7.43. The molecule has 2 N–H and O–H groups in total. The van der Waals surface area contributed by atoms with Crippen LogP contribution < -0.4 is 10.5 Å². The van der Waals surface area contributed by atoms with Gasteiger partial charge in [0.15, 0.2) is 5.75 Å². The maximum Gasteiger partial charge on any atom is 0.410 e. The Kier molecular flexibility index (Phi) is 5.61. The van der Waals surface area contributed by atoms with Crippen LogP contribution in [0.25, 0.3) is 10.6 Å². The molecule has 0 aliphatic heterocycles. The first-order valence-corrected chi connectivity index (χ1v) is 12.0. The summed E-state index contributed by atoms with van der Waals surface area (Å²) < 4.78 is 12.5. The number of aromatic nitrogens is 2. The Morgan fingerprint density at radius 2 is 2.17 bits per heavy atom. The van der Waals surface area contributed by atoms with Crippen molar-refractivity contribution >= 4 is 25.5 Å². The van der Waals surface area contributed by atoms with Gasteiger partial charge in [-0.15, -0.1) is 11.3 Å². The molecule has 2 heterocycles. The van der Waals surface area contributed by atoms with Crippen molar-refractivity contribution in [2.75, 3.05) is 6.61 Å².